The van der Waals surface area contributed by atoms with Crippen molar-refractivity contribution in [3.05, 3.63) is 108 Å². The molecule has 8 rings (SSSR count). The summed E-state index contributed by atoms with van der Waals surface area (Å²) in [4.78, 5) is 21.6. The monoisotopic (exact) mass is 621 g/mol. The first-order valence-corrected chi connectivity index (χ1v) is 15.8. The summed E-state index contributed by atoms with van der Waals surface area (Å²) in [6.07, 6.45) is 7.69. The number of para-hydroxylation sites is 1. The van der Waals surface area contributed by atoms with Gasteiger partial charge in [0.05, 0.1) is 22.1 Å². The Balaban J connectivity index is 1.11. The zero-order chi connectivity index (χ0) is 31.7. The maximum Gasteiger partial charge on any atom is 0.335 e. The molecule has 2 N–H and O–H groups in total. The summed E-state index contributed by atoms with van der Waals surface area (Å²) in [7, 11) is 0. The Morgan fingerprint density at radius 2 is 1.72 bits per heavy atom. The SMILES string of the molecule is O=C(O)c1ccc(-c2cccc3cccnc23)c(COc2ccc(-c3nc4cc(-c5nn[nH]n5)ccc4n3C3CCCCC3)cc2)c1. The number of carbonyl (C=O) groups is 1. The van der Waals surface area contributed by atoms with Crippen molar-refractivity contribution in [3.8, 4) is 39.7 Å². The zero-order valence-corrected chi connectivity index (χ0v) is 25.5. The fourth-order valence-corrected chi connectivity index (χ4v) is 6.73. The fourth-order valence-electron chi connectivity index (χ4n) is 6.73. The Hall–Kier alpha value is -5.90. The number of imidazole rings is 1. The third-order valence-corrected chi connectivity index (χ3v) is 9.01. The van der Waals surface area contributed by atoms with Gasteiger partial charge in [-0.1, -0.05) is 49.6 Å². The second-order valence-electron chi connectivity index (χ2n) is 11.9. The highest BCUT2D eigenvalue weighted by atomic mass is 16.5. The summed E-state index contributed by atoms with van der Waals surface area (Å²) in [6.45, 7) is 0.193. The third-order valence-electron chi connectivity index (χ3n) is 9.01. The first-order valence-electron chi connectivity index (χ1n) is 15.8. The van der Waals surface area contributed by atoms with Crippen molar-refractivity contribution >= 4 is 27.9 Å². The van der Waals surface area contributed by atoms with E-state index in [0.717, 1.165) is 68.4 Å². The number of rotatable bonds is 8. The number of aromatic carboxylic acids is 1. The molecule has 3 aromatic heterocycles. The van der Waals surface area contributed by atoms with Gasteiger partial charge in [-0.2, -0.15) is 5.21 Å². The number of ether oxygens (including phenoxy) is 1. The van der Waals surface area contributed by atoms with Crippen LogP contribution in [0.15, 0.2) is 97.2 Å². The summed E-state index contributed by atoms with van der Waals surface area (Å²) >= 11 is 0. The molecule has 0 saturated heterocycles. The molecular formula is C37H31N7O3. The molecule has 1 aliphatic rings. The largest absolute Gasteiger partial charge is 0.489 e. The average Bonchev–Trinajstić information content (AvgIpc) is 3.80. The summed E-state index contributed by atoms with van der Waals surface area (Å²) in [5.41, 5.74) is 7.49. The molecule has 10 heteroatoms. The van der Waals surface area contributed by atoms with Gasteiger partial charge in [-0.3, -0.25) is 4.98 Å². The van der Waals surface area contributed by atoms with Crippen molar-refractivity contribution in [1.82, 2.24) is 35.2 Å². The molecular weight excluding hydrogens is 590 g/mol. The topological polar surface area (TPSA) is 132 Å². The molecule has 0 spiro atoms. The molecule has 1 fully saturated rings. The Morgan fingerprint density at radius 1 is 0.894 bits per heavy atom. The highest BCUT2D eigenvalue weighted by molar-refractivity contribution is 5.96. The molecule has 1 saturated carbocycles. The van der Waals surface area contributed by atoms with Crippen LogP contribution < -0.4 is 4.74 Å². The van der Waals surface area contributed by atoms with E-state index >= 15 is 0 Å². The number of tetrazole rings is 1. The lowest BCUT2D eigenvalue weighted by Crippen LogP contribution is -2.14. The predicted octanol–water partition coefficient (Wildman–Crippen LogP) is 7.88. The van der Waals surface area contributed by atoms with Gasteiger partial charge in [0.2, 0.25) is 5.82 Å². The minimum absolute atomic E-state index is 0.193. The Kier molecular flexibility index (Phi) is 7.37. The highest BCUT2D eigenvalue weighted by Crippen LogP contribution is 2.37. The minimum atomic E-state index is -0.983. The summed E-state index contributed by atoms with van der Waals surface area (Å²) < 4.78 is 8.69. The van der Waals surface area contributed by atoms with E-state index in [1.807, 2.05) is 72.8 Å². The van der Waals surface area contributed by atoms with Crippen LogP contribution in [0.4, 0.5) is 0 Å². The summed E-state index contributed by atoms with van der Waals surface area (Å²) in [5.74, 6) is 1.15. The van der Waals surface area contributed by atoms with Crippen molar-refractivity contribution < 1.29 is 14.6 Å². The van der Waals surface area contributed by atoms with Crippen LogP contribution in [-0.2, 0) is 6.61 Å². The fraction of sp³-hybridized carbons (Fsp3) is 0.189. The molecule has 0 aliphatic heterocycles. The summed E-state index contributed by atoms with van der Waals surface area (Å²) in [6, 6.07) is 29.6. The van der Waals surface area contributed by atoms with Crippen LogP contribution >= 0.6 is 0 Å². The van der Waals surface area contributed by atoms with Crippen LogP contribution in [0.25, 0.3) is 55.8 Å². The second-order valence-corrected chi connectivity index (χ2v) is 11.9. The van der Waals surface area contributed by atoms with Crippen LogP contribution in [0.1, 0.15) is 54.1 Å². The molecule has 0 unspecified atom stereocenters. The molecule has 0 radical (unpaired) electrons. The normalized spacial score (nSPS) is 13.7. The number of carboxylic acid groups (broad SMARTS) is 1. The molecule has 1 aliphatic carbocycles. The van der Waals surface area contributed by atoms with E-state index < -0.39 is 5.97 Å². The number of carboxylic acids is 1. The minimum Gasteiger partial charge on any atom is -0.489 e. The van der Waals surface area contributed by atoms with Gasteiger partial charge in [-0.05, 0) is 89.8 Å². The van der Waals surface area contributed by atoms with Crippen molar-refractivity contribution in [3.63, 3.8) is 0 Å². The Labute approximate surface area is 270 Å². The number of hydrogen-bond acceptors (Lipinski definition) is 7. The lowest BCUT2D eigenvalue weighted by molar-refractivity contribution is 0.0696. The quantitative estimate of drug-likeness (QED) is 0.175. The highest BCUT2D eigenvalue weighted by Gasteiger charge is 2.23. The first-order chi connectivity index (χ1) is 23.1. The standard InChI is InChI=1S/C37H31N7O3/c45-37(46)26-13-17-30(31-10-4-6-23-7-5-19-38-34(23)31)27(20-26)22-47-29-15-11-24(12-16-29)36-39-32-21-25(35-40-42-43-41-35)14-18-33(32)44(36)28-8-2-1-3-9-28/h4-7,10-21,28H,1-3,8-9,22H2,(H,45,46)(H,40,41,42,43). The van der Waals surface area contributed by atoms with E-state index in [2.05, 4.69) is 36.2 Å². The molecule has 47 heavy (non-hydrogen) atoms. The number of aromatic amines is 1. The van der Waals surface area contributed by atoms with E-state index in [9.17, 15) is 9.90 Å². The number of nitrogens with one attached hydrogen (secondary N) is 1. The molecule has 0 bridgehead atoms. The number of pyridine rings is 1. The second kappa shape index (κ2) is 12.1. The van der Waals surface area contributed by atoms with Crippen molar-refractivity contribution in [1.29, 1.82) is 0 Å². The van der Waals surface area contributed by atoms with Crippen LogP contribution in [-0.4, -0.2) is 46.2 Å². The van der Waals surface area contributed by atoms with Crippen LogP contribution in [0.5, 0.6) is 5.75 Å². The third kappa shape index (κ3) is 5.48. The molecule has 10 nitrogen and oxygen atoms in total. The van der Waals surface area contributed by atoms with E-state index in [1.165, 1.54) is 19.3 Å². The lowest BCUT2D eigenvalue weighted by atomic mass is 9.94. The molecule has 3 heterocycles. The van der Waals surface area contributed by atoms with Gasteiger partial charge in [0.15, 0.2) is 0 Å². The van der Waals surface area contributed by atoms with Crippen molar-refractivity contribution in [2.75, 3.05) is 0 Å². The zero-order valence-electron chi connectivity index (χ0n) is 25.5. The van der Waals surface area contributed by atoms with E-state index in [1.54, 1.807) is 18.3 Å². The number of H-pyrrole nitrogens is 1. The summed E-state index contributed by atoms with van der Waals surface area (Å²) in [5, 5.41) is 25.3. The van der Waals surface area contributed by atoms with Gasteiger partial charge < -0.3 is 14.4 Å². The number of aromatic nitrogens is 7. The Bertz CT molecular complexity index is 2210. The number of nitrogens with zero attached hydrogens (tertiary/aromatic N) is 6. The van der Waals surface area contributed by atoms with Gasteiger partial charge in [0, 0.05) is 34.3 Å². The smallest absolute Gasteiger partial charge is 0.335 e. The molecule has 0 amide bonds. The van der Waals surface area contributed by atoms with E-state index in [-0.39, 0.29) is 12.2 Å². The molecule has 232 valence electrons. The van der Waals surface area contributed by atoms with Crippen LogP contribution in [0, 0.1) is 0 Å². The van der Waals surface area contributed by atoms with Crippen molar-refractivity contribution in [2.45, 2.75) is 44.8 Å². The average molecular weight is 622 g/mol. The van der Waals surface area contributed by atoms with E-state index in [4.69, 9.17) is 9.72 Å². The van der Waals surface area contributed by atoms with Crippen LogP contribution in [0.2, 0.25) is 0 Å². The Morgan fingerprint density at radius 3 is 2.53 bits per heavy atom. The molecule has 7 aromatic rings. The number of hydrogen-bond donors (Lipinski definition) is 2. The molecule has 0 atom stereocenters. The van der Waals surface area contributed by atoms with Gasteiger partial charge in [0.1, 0.15) is 18.2 Å². The van der Waals surface area contributed by atoms with Gasteiger partial charge in [0.25, 0.3) is 0 Å². The predicted molar refractivity (Wildman–Crippen MR) is 179 cm³/mol. The number of fused-ring (bicyclic) bond motifs is 2. The maximum absolute atomic E-state index is 11.9. The van der Waals surface area contributed by atoms with E-state index in [0.29, 0.717) is 17.6 Å². The maximum atomic E-state index is 11.9. The van der Waals surface area contributed by atoms with Gasteiger partial charge in [-0.25, -0.2) is 9.78 Å². The van der Waals surface area contributed by atoms with Gasteiger partial charge in [-0.15, -0.1) is 10.2 Å². The molecule has 4 aromatic carbocycles. The lowest BCUT2D eigenvalue weighted by Gasteiger charge is -2.25. The van der Waals surface area contributed by atoms with Crippen molar-refractivity contribution in [2.24, 2.45) is 0 Å². The van der Waals surface area contributed by atoms with Crippen LogP contribution in [0.3, 0.4) is 0 Å². The van der Waals surface area contributed by atoms with Gasteiger partial charge >= 0.3 is 5.97 Å². The number of benzene rings is 4. The first kappa shape index (κ1) is 28.6.